The van der Waals surface area contributed by atoms with Gasteiger partial charge >= 0.3 is 5.97 Å². The van der Waals surface area contributed by atoms with Crippen LogP contribution in [0, 0.1) is 0 Å². The summed E-state index contributed by atoms with van der Waals surface area (Å²) in [6, 6.07) is 18.2. The van der Waals surface area contributed by atoms with Gasteiger partial charge in [-0.25, -0.2) is 4.79 Å². The maximum atomic E-state index is 11.9. The second kappa shape index (κ2) is 7.32. The fraction of sp³-hybridized carbons (Fsp3) is 0.350. The highest BCUT2D eigenvalue weighted by atomic mass is 16.6. The van der Waals surface area contributed by atoms with Crippen LogP contribution in [0.1, 0.15) is 44.7 Å². The number of hydrogen-bond acceptors (Lipinski definition) is 3. The van der Waals surface area contributed by atoms with E-state index in [2.05, 4.69) is 19.1 Å². The second-order valence-electron chi connectivity index (χ2n) is 6.03. The topological polar surface area (TPSA) is 35.5 Å². The number of benzene rings is 2. The van der Waals surface area contributed by atoms with Crippen LogP contribution in [0.3, 0.4) is 0 Å². The van der Waals surface area contributed by atoms with Crippen molar-refractivity contribution in [2.24, 2.45) is 0 Å². The summed E-state index contributed by atoms with van der Waals surface area (Å²) in [6.07, 6.45) is 0. The summed E-state index contributed by atoms with van der Waals surface area (Å²) in [5.74, 6) is 0.608. The highest BCUT2D eigenvalue weighted by Gasteiger charge is 2.31. The van der Waals surface area contributed by atoms with E-state index in [1.807, 2.05) is 42.5 Å². The molecular weight excluding hydrogens is 288 g/mol. The van der Waals surface area contributed by atoms with Crippen LogP contribution in [-0.4, -0.2) is 18.2 Å². The molecule has 0 heterocycles. The number of esters is 1. The van der Waals surface area contributed by atoms with E-state index in [1.54, 1.807) is 20.8 Å². The van der Waals surface area contributed by atoms with Crippen molar-refractivity contribution >= 4 is 5.97 Å². The van der Waals surface area contributed by atoms with E-state index in [4.69, 9.17) is 9.47 Å². The van der Waals surface area contributed by atoms with Gasteiger partial charge in [-0.15, -0.1) is 0 Å². The average Bonchev–Trinajstić information content (AvgIpc) is 2.55. The fourth-order valence-electron chi connectivity index (χ4n) is 2.40. The molecule has 0 fully saturated rings. The molecule has 0 spiro atoms. The first-order chi connectivity index (χ1) is 10.9. The lowest BCUT2D eigenvalue weighted by Crippen LogP contribution is -2.39. The molecule has 0 aromatic heterocycles. The minimum Gasteiger partial charge on any atom is -0.476 e. The average molecular weight is 312 g/mol. The Morgan fingerprint density at radius 2 is 1.57 bits per heavy atom. The van der Waals surface area contributed by atoms with Gasteiger partial charge in [-0.05, 0) is 44.0 Å². The summed E-state index contributed by atoms with van der Waals surface area (Å²) < 4.78 is 10.8. The summed E-state index contributed by atoms with van der Waals surface area (Å²) in [6.45, 7) is 7.73. The van der Waals surface area contributed by atoms with Gasteiger partial charge < -0.3 is 9.47 Å². The third kappa shape index (κ3) is 4.35. The molecule has 0 aliphatic carbocycles. The molecule has 23 heavy (non-hydrogen) atoms. The lowest BCUT2D eigenvalue weighted by molar-refractivity contribution is -0.158. The van der Waals surface area contributed by atoms with Crippen molar-refractivity contribution in [3.8, 4) is 5.75 Å². The molecule has 0 saturated carbocycles. The number of carbonyl (C=O) groups is 1. The van der Waals surface area contributed by atoms with Crippen LogP contribution >= 0.6 is 0 Å². The van der Waals surface area contributed by atoms with Crippen molar-refractivity contribution in [2.45, 2.75) is 39.2 Å². The van der Waals surface area contributed by atoms with Crippen LogP contribution in [0.15, 0.2) is 54.6 Å². The molecule has 0 N–H and O–H groups in total. The smallest absolute Gasteiger partial charge is 0.349 e. The zero-order valence-corrected chi connectivity index (χ0v) is 14.2. The minimum absolute atomic E-state index is 0.309. The second-order valence-corrected chi connectivity index (χ2v) is 6.03. The number of rotatable bonds is 6. The van der Waals surface area contributed by atoms with Crippen molar-refractivity contribution in [1.29, 1.82) is 0 Å². The molecule has 0 saturated heterocycles. The Bertz CT molecular complexity index is 630. The van der Waals surface area contributed by atoms with Gasteiger partial charge in [0.2, 0.25) is 0 Å². The van der Waals surface area contributed by atoms with Gasteiger partial charge in [0.15, 0.2) is 5.60 Å². The maximum absolute atomic E-state index is 11.9. The highest BCUT2D eigenvalue weighted by molar-refractivity contribution is 5.79. The zero-order valence-electron chi connectivity index (χ0n) is 14.2. The molecule has 2 aromatic carbocycles. The van der Waals surface area contributed by atoms with Gasteiger partial charge in [-0.2, -0.15) is 0 Å². The fourth-order valence-corrected chi connectivity index (χ4v) is 2.40. The Morgan fingerprint density at radius 3 is 2.13 bits per heavy atom. The Balaban J connectivity index is 2.09. The van der Waals surface area contributed by atoms with E-state index in [-0.39, 0.29) is 5.97 Å². The number of ether oxygens (including phenoxy) is 2. The molecule has 2 rings (SSSR count). The summed E-state index contributed by atoms with van der Waals surface area (Å²) in [5, 5.41) is 0. The normalized spacial score (nSPS) is 12.5. The van der Waals surface area contributed by atoms with E-state index in [1.165, 1.54) is 11.1 Å². The van der Waals surface area contributed by atoms with E-state index in [0.717, 1.165) is 0 Å². The molecule has 1 atom stereocenters. The molecule has 3 heteroatoms. The van der Waals surface area contributed by atoms with Crippen molar-refractivity contribution in [2.75, 3.05) is 6.61 Å². The largest absolute Gasteiger partial charge is 0.476 e. The van der Waals surface area contributed by atoms with Gasteiger partial charge in [0, 0.05) is 5.92 Å². The number of carbonyl (C=O) groups excluding carboxylic acids is 1. The first-order valence-corrected chi connectivity index (χ1v) is 7.95. The lowest BCUT2D eigenvalue weighted by atomic mass is 9.93. The van der Waals surface area contributed by atoms with Crippen molar-refractivity contribution in [3.05, 3.63) is 65.7 Å². The van der Waals surface area contributed by atoms with Crippen LogP contribution in [0.5, 0.6) is 5.75 Å². The Morgan fingerprint density at radius 1 is 1.00 bits per heavy atom. The van der Waals surface area contributed by atoms with Gasteiger partial charge in [-0.3, -0.25) is 0 Å². The number of hydrogen-bond donors (Lipinski definition) is 0. The quantitative estimate of drug-likeness (QED) is 0.734. The van der Waals surface area contributed by atoms with Crippen molar-refractivity contribution in [1.82, 2.24) is 0 Å². The SMILES string of the molecule is CCOC(=O)C(C)(C)Oc1ccc(C(C)c2ccccc2)cc1. The third-order valence-electron chi connectivity index (χ3n) is 3.82. The molecule has 0 amide bonds. The molecule has 0 radical (unpaired) electrons. The van der Waals surface area contributed by atoms with Gasteiger partial charge in [0.1, 0.15) is 5.75 Å². The Kier molecular flexibility index (Phi) is 5.43. The van der Waals surface area contributed by atoms with Crippen LogP contribution in [0.2, 0.25) is 0 Å². The monoisotopic (exact) mass is 312 g/mol. The molecule has 122 valence electrons. The maximum Gasteiger partial charge on any atom is 0.349 e. The first kappa shape index (κ1) is 17.1. The van der Waals surface area contributed by atoms with Gasteiger partial charge in [-0.1, -0.05) is 49.4 Å². The van der Waals surface area contributed by atoms with Gasteiger partial charge in [0.05, 0.1) is 6.61 Å². The predicted octanol–water partition coefficient (Wildman–Crippen LogP) is 4.56. The van der Waals surface area contributed by atoms with Crippen LogP contribution in [0.25, 0.3) is 0 Å². The van der Waals surface area contributed by atoms with Crippen molar-refractivity contribution < 1.29 is 14.3 Å². The van der Waals surface area contributed by atoms with E-state index < -0.39 is 5.60 Å². The van der Waals surface area contributed by atoms with Crippen LogP contribution in [-0.2, 0) is 9.53 Å². The van der Waals surface area contributed by atoms with Gasteiger partial charge in [0.25, 0.3) is 0 Å². The van der Waals surface area contributed by atoms with Crippen LogP contribution in [0.4, 0.5) is 0 Å². The minimum atomic E-state index is -0.997. The predicted molar refractivity (Wildman–Crippen MR) is 91.7 cm³/mol. The Hall–Kier alpha value is -2.29. The van der Waals surface area contributed by atoms with Crippen molar-refractivity contribution in [3.63, 3.8) is 0 Å². The molecule has 2 aromatic rings. The first-order valence-electron chi connectivity index (χ1n) is 7.95. The molecule has 3 nitrogen and oxygen atoms in total. The molecule has 0 bridgehead atoms. The lowest BCUT2D eigenvalue weighted by Gasteiger charge is -2.24. The summed E-state index contributed by atoms with van der Waals surface area (Å²) >= 11 is 0. The van der Waals surface area contributed by atoms with E-state index in [0.29, 0.717) is 18.3 Å². The summed E-state index contributed by atoms with van der Waals surface area (Å²) in [5.41, 5.74) is 1.48. The molecular formula is C20H24O3. The summed E-state index contributed by atoms with van der Waals surface area (Å²) in [7, 11) is 0. The molecule has 0 aliphatic rings. The molecule has 0 aliphatic heterocycles. The molecule has 1 unspecified atom stereocenters. The van der Waals surface area contributed by atoms with E-state index in [9.17, 15) is 4.79 Å². The zero-order chi connectivity index (χ0) is 16.9. The van der Waals surface area contributed by atoms with Crippen LogP contribution < -0.4 is 4.74 Å². The standard InChI is InChI=1S/C20H24O3/c1-5-22-19(21)20(3,4)23-18-13-11-17(12-14-18)15(2)16-9-7-6-8-10-16/h6-15H,5H2,1-4H3. The Labute approximate surface area is 138 Å². The highest BCUT2D eigenvalue weighted by Crippen LogP contribution is 2.27. The summed E-state index contributed by atoms with van der Waals surface area (Å²) in [4.78, 5) is 11.9. The van der Waals surface area contributed by atoms with E-state index >= 15 is 0 Å². The third-order valence-corrected chi connectivity index (χ3v) is 3.82.